The Morgan fingerprint density at radius 2 is 1.73 bits per heavy atom. The van der Waals surface area contributed by atoms with Crippen molar-refractivity contribution in [2.24, 2.45) is 0 Å². The lowest BCUT2D eigenvalue weighted by atomic mass is 10.0. The van der Waals surface area contributed by atoms with E-state index in [0.29, 0.717) is 18.5 Å². The van der Waals surface area contributed by atoms with Crippen LogP contribution in [0.25, 0.3) is 0 Å². The van der Waals surface area contributed by atoms with Gasteiger partial charge in [0.25, 0.3) is 0 Å². The first-order valence-corrected chi connectivity index (χ1v) is 8.84. The molecule has 26 heavy (non-hydrogen) atoms. The quantitative estimate of drug-likeness (QED) is 0.591. The van der Waals surface area contributed by atoms with Gasteiger partial charge in [-0.05, 0) is 48.7 Å². The Kier molecular flexibility index (Phi) is 5.69. The molecule has 0 radical (unpaired) electrons. The monoisotopic (exact) mass is 348 g/mol. The molecule has 0 amide bonds. The largest absolute Gasteiger partial charge is 0.492 e. The van der Waals surface area contributed by atoms with Crippen LogP contribution in [0.15, 0.2) is 60.8 Å². The zero-order chi connectivity index (χ0) is 18.4. The Morgan fingerprint density at radius 1 is 0.962 bits per heavy atom. The molecule has 5 nitrogen and oxygen atoms in total. The minimum Gasteiger partial charge on any atom is -0.492 e. The molecule has 134 valence electrons. The van der Waals surface area contributed by atoms with Crippen molar-refractivity contribution in [1.29, 1.82) is 0 Å². The van der Waals surface area contributed by atoms with Crippen molar-refractivity contribution in [1.82, 2.24) is 9.97 Å². The maximum Gasteiger partial charge on any atom is 0.229 e. The normalized spacial score (nSPS) is 10.6. The molecule has 0 fully saturated rings. The fraction of sp³-hybridized carbons (Fsp3) is 0.238. The van der Waals surface area contributed by atoms with Gasteiger partial charge in [-0.25, -0.2) is 4.98 Å². The van der Waals surface area contributed by atoms with Gasteiger partial charge in [0.1, 0.15) is 11.6 Å². The van der Waals surface area contributed by atoms with E-state index in [9.17, 15) is 0 Å². The number of nitrogens with one attached hydrogen (secondary N) is 2. The van der Waals surface area contributed by atoms with Gasteiger partial charge in [0.15, 0.2) is 0 Å². The SMILES string of the molecule is CCOc1ccccc1Nc1nccc(Nc2ccc(C(C)C)cc2)n1. The molecule has 1 aromatic heterocycles. The third-order valence-corrected chi connectivity index (χ3v) is 3.94. The highest BCUT2D eigenvalue weighted by Crippen LogP contribution is 2.26. The smallest absolute Gasteiger partial charge is 0.229 e. The van der Waals surface area contributed by atoms with E-state index in [1.54, 1.807) is 6.20 Å². The molecule has 0 aliphatic rings. The summed E-state index contributed by atoms with van der Waals surface area (Å²) in [5, 5.41) is 6.53. The molecule has 0 spiro atoms. The second-order valence-electron chi connectivity index (χ2n) is 6.22. The number of rotatable bonds is 7. The van der Waals surface area contributed by atoms with E-state index in [0.717, 1.165) is 22.9 Å². The number of nitrogens with zero attached hydrogens (tertiary/aromatic N) is 2. The maximum absolute atomic E-state index is 5.63. The summed E-state index contributed by atoms with van der Waals surface area (Å²) in [4.78, 5) is 8.83. The van der Waals surface area contributed by atoms with Crippen molar-refractivity contribution in [2.75, 3.05) is 17.2 Å². The topological polar surface area (TPSA) is 59.1 Å². The van der Waals surface area contributed by atoms with E-state index in [-0.39, 0.29) is 0 Å². The van der Waals surface area contributed by atoms with Crippen molar-refractivity contribution in [3.63, 3.8) is 0 Å². The van der Waals surface area contributed by atoms with Crippen molar-refractivity contribution in [3.8, 4) is 5.75 Å². The summed E-state index contributed by atoms with van der Waals surface area (Å²) in [6.45, 7) is 6.94. The number of aromatic nitrogens is 2. The van der Waals surface area contributed by atoms with Gasteiger partial charge in [-0.1, -0.05) is 38.1 Å². The number of ether oxygens (including phenoxy) is 1. The number of benzene rings is 2. The first-order chi connectivity index (χ1) is 12.7. The summed E-state index contributed by atoms with van der Waals surface area (Å²) >= 11 is 0. The molecule has 3 aromatic rings. The van der Waals surface area contributed by atoms with Crippen LogP contribution in [0.4, 0.5) is 23.1 Å². The van der Waals surface area contributed by atoms with Crippen molar-refractivity contribution >= 4 is 23.1 Å². The summed E-state index contributed by atoms with van der Waals surface area (Å²) in [6, 6.07) is 18.0. The predicted molar refractivity (Wildman–Crippen MR) is 107 cm³/mol. The Balaban J connectivity index is 1.74. The molecule has 2 N–H and O–H groups in total. The minimum atomic E-state index is 0.515. The zero-order valence-electron chi connectivity index (χ0n) is 15.4. The molecular formula is C21H24N4O. The summed E-state index contributed by atoms with van der Waals surface area (Å²) in [6.07, 6.45) is 1.73. The van der Waals surface area contributed by atoms with Crippen LogP contribution in [0.2, 0.25) is 0 Å². The third-order valence-electron chi connectivity index (χ3n) is 3.94. The molecule has 0 saturated carbocycles. The summed E-state index contributed by atoms with van der Waals surface area (Å²) in [5.74, 6) is 2.54. The van der Waals surface area contributed by atoms with E-state index >= 15 is 0 Å². The summed E-state index contributed by atoms with van der Waals surface area (Å²) in [5.41, 5.74) is 3.15. The van der Waals surface area contributed by atoms with Gasteiger partial charge in [0, 0.05) is 11.9 Å². The van der Waals surface area contributed by atoms with Crippen LogP contribution in [0, 0.1) is 0 Å². The molecule has 0 saturated heterocycles. The fourth-order valence-corrected chi connectivity index (χ4v) is 2.56. The van der Waals surface area contributed by atoms with Crippen LogP contribution in [0.1, 0.15) is 32.3 Å². The van der Waals surface area contributed by atoms with Crippen LogP contribution < -0.4 is 15.4 Å². The van der Waals surface area contributed by atoms with E-state index in [1.165, 1.54) is 5.56 Å². The molecule has 0 bridgehead atoms. The highest BCUT2D eigenvalue weighted by Gasteiger charge is 2.06. The van der Waals surface area contributed by atoms with Crippen LogP contribution in [0.3, 0.4) is 0 Å². The van der Waals surface area contributed by atoms with Crippen LogP contribution >= 0.6 is 0 Å². The number of anilines is 4. The lowest BCUT2D eigenvalue weighted by Gasteiger charge is -2.12. The summed E-state index contributed by atoms with van der Waals surface area (Å²) in [7, 11) is 0. The molecule has 0 aliphatic heterocycles. The average molecular weight is 348 g/mol. The van der Waals surface area contributed by atoms with Crippen molar-refractivity contribution in [2.45, 2.75) is 26.7 Å². The highest BCUT2D eigenvalue weighted by molar-refractivity contribution is 5.64. The first kappa shape index (κ1) is 17.7. The predicted octanol–water partition coefficient (Wildman–Crippen LogP) is 5.49. The van der Waals surface area contributed by atoms with E-state index < -0.39 is 0 Å². The Bertz CT molecular complexity index is 847. The van der Waals surface area contributed by atoms with Crippen LogP contribution in [-0.2, 0) is 0 Å². The van der Waals surface area contributed by atoms with Gasteiger partial charge in [0.2, 0.25) is 5.95 Å². The number of para-hydroxylation sites is 2. The van der Waals surface area contributed by atoms with Gasteiger partial charge in [-0.15, -0.1) is 0 Å². The molecule has 5 heteroatoms. The zero-order valence-corrected chi connectivity index (χ0v) is 15.4. The Labute approximate surface area is 154 Å². The average Bonchev–Trinajstić information content (AvgIpc) is 2.64. The van der Waals surface area contributed by atoms with Crippen LogP contribution in [-0.4, -0.2) is 16.6 Å². The molecule has 0 aliphatic carbocycles. The molecule has 2 aromatic carbocycles. The molecular weight excluding hydrogens is 324 g/mol. The first-order valence-electron chi connectivity index (χ1n) is 8.84. The van der Waals surface area contributed by atoms with Crippen LogP contribution in [0.5, 0.6) is 5.75 Å². The number of hydrogen-bond acceptors (Lipinski definition) is 5. The van der Waals surface area contributed by atoms with Gasteiger partial charge in [-0.3, -0.25) is 0 Å². The van der Waals surface area contributed by atoms with Crippen molar-refractivity contribution < 1.29 is 4.74 Å². The second-order valence-corrected chi connectivity index (χ2v) is 6.22. The van der Waals surface area contributed by atoms with E-state index in [2.05, 4.69) is 58.7 Å². The van der Waals surface area contributed by atoms with Gasteiger partial charge >= 0.3 is 0 Å². The lowest BCUT2D eigenvalue weighted by Crippen LogP contribution is -2.02. The van der Waals surface area contributed by atoms with E-state index in [1.807, 2.05) is 37.3 Å². The third kappa shape index (κ3) is 4.51. The Morgan fingerprint density at radius 3 is 2.46 bits per heavy atom. The summed E-state index contributed by atoms with van der Waals surface area (Å²) < 4.78 is 5.63. The van der Waals surface area contributed by atoms with Gasteiger partial charge < -0.3 is 15.4 Å². The van der Waals surface area contributed by atoms with E-state index in [4.69, 9.17) is 4.74 Å². The highest BCUT2D eigenvalue weighted by atomic mass is 16.5. The molecule has 3 rings (SSSR count). The number of hydrogen-bond donors (Lipinski definition) is 2. The Hall–Kier alpha value is -3.08. The van der Waals surface area contributed by atoms with Gasteiger partial charge in [-0.2, -0.15) is 4.98 Å². The maximum atomic E-state index is 5.63. The fourth-order valence-electron chi connectivity index (χ4n) is 2.56. The standard InChI is InChI=1S/C21H24N4O/c1-4-26-19-8-6-5-7-18(19)24-21-22-14-13-20(25-21)23-17-11-9-16(10-12-17)15(2)3/h5-15H,4H2,1-3H3,(H2,22,23,24,25). The minimum absolute atomic E-state index is 0.515. The van der Waals surface area contributed by atoms with Gasteiger partial charge in [0.05, 0.1) is 12.3 Å². The molecule has 0 atom stereocenters. The van der Waals surface area contributed by atoms with Crippen molar-refractivity contribution in [3.05, 3.63) is 66.4 Å². The lowest BCUT2D eigenvalue weighted by molar-refractivity contribution is 0.342. The molecule has 0 unspecified atom stereocenters. The molecule has 1 heterocycles. The second kappa shape index (κ2) is 8.34.